The minimum atomic E-state index is -0.00106. The molecule has 0 unspecified atom stereocenters. The summed E-state index contributed by atoms with van der Waals surface area (Å²) in [5, 5.41) is 0. The average Bonchev–Trinajstić information content (AvgIpc) is 2.69. The second kappa shape index (κ2) is 3.34. The number of ether oxygens (including phenoxy) is 1. The van der Waals surface area contributed by atoms with E-state index in [1.54, 1.807) is 0 Å². The summed E-state index contributed by atoms with van der Waals surface area (Å²) in [6.07, 6.45) is 0. The van der Waals surface area contributed by atoms with Crippen molar-refractivity contribution >= 4 is 5.97 Å². The maximum atomic E-state index is 11.8. The highest BCUT2D eigenvalue weighted by atomic mass is 16.5. The van der Waals surface area contributed by atoms with E-state index in [2.05, 4.69) is 38.1 Å². The molecule has 0 saturated carbocycles. The number of esters is 1. The molecule has 1 saturated heterocycles. The minimum Gasteiger partial charge on any atom is -0.465 e. The van der Waals surface area contributed by atoms with E-state index in [-0.39, 0.29) is 11.9 Å². The van der Waals surface area contributed by atoms with Crippen LogP contribution >= 0.6 is 0 Å². The van der Waals surface area contributed by atoms with Crippen molar-refractivity contribution in [1.82, 2.24) is 0 Å². The lowest BCUT2D eigenvalue weighted by Gasteiger charge is -2.35. The Morgan fingerprint density at radius 2 is 1.75 bits per heavy atom. The number of hydrogen-bond acceptors (Lipinski definition) is 2. The van der Waals surface area contributed by atoms with E-state index in [1.807, 2.05) is 0 Å². The molecular formula is C14H16O2. The van der Waals surface area contributed by atoms with E-state index < -0.39 is 0 Å². The third-order valence-corrected chi connectivity index (χ3v) is 4.31. The molecule has 0 radical (unpaired) electrons. The zero-order chi connectivity index (χ0) is 11.3. The summed E-state index contributed by atoms with van der Waals surface area (Å²) >= 11 is 0. The van der Waals surface area contributed by atoms with Gasteiger partial charge in [0.05, 0.1) is 12.5 Å². The smallest absolute Gasteiger partial charge is 0.309 e. The predicted molar refractivity (Wildman–Crippen MR) is 61.2 cm³/mol. The number of benzene rings is 1. The average molecular weight is 216 g/mol. The first-order chi connectivity index (χ1) is 7.70. The molecule has 1 aliphatic heterocycles. The van der Waals surface area contributed by atoms with Crippen LogP contribution in [0.4, 0.5) is 0 Å². The Hall–Kier alpha value is -1.31. The van der Waals surface area contributed by atoms with Crippen molar-refractivity contribution in [2.24, 2.45) is 11.8 Å². The Kier molecular flexibility index (Phi) is 2.06. The van der Waals surface area contributed by atoms with E-state index in [9.17, 15) is 4.79 Å². The maximum Gasteiger partial charge on any atom is 0.309 e. The van der Waals surface area contributed by atoms with Crippen molar-refractivity contribution < 1.29 is 9.53 Å². The van der Waals surface area contributed by atoms with Crippen molar-refractivity contribution in [1.29, 1.82) is 0 Å². The molecule has 0 aromatic heterocycles. The first-order valence-corrected chi connectivity index (χ1v) is 5.95. The fraction of sp³-hybridized carbons (Fsp3) is 0.500. The molecule has 1 aromatic rings. The second-order valence-corrected chi connectivity index (χ2v) is 5.03. The van der Waals surface area contributed by atoms with Gasteiger partial charge in [0.15, 0.2) is 0 Å². The Labute approximate surface area is 95.6 Å². The Balaban J connectivity index is 2.13. The van der Waals surface area contributed by atoms with Crippen LogP contribution in [0.3, 0.4) is 0 Å². The molecule has 1 heterocycles. The van der Waals surface area contributed by atoms with Gasteiger partial charge in [-0.15, -0.1) is 0 Å². The number of carbonyl (C=O) groups excluding carboxylic acids is 1. The summed E-state index contributed by atoms with van der Waals surface area (Å²) in [6.45, 7) is 4.96. The van der Waals surface area contributed by atoms with Gasteiger partial charge in [0.2, 0.25) is 0 Å². The van der Waals surface area contributed by atoms with Gasteiger partial charge < -0.3 is 4.74 Å². The topological polar surface area (TPSA) is 26.3 Å². The number of fused-ring (bicyclic) bond motifs is 2. The molecular weight excluding hydrogens is 200 g/mol. The zero-order valence-corrected chi connectivity index (χ0v) is 9.64. The van der Waals surface area contributed by atoms with Crippen LogP contribution in [0.5, 0.6) is 0 Å². The SMILES string of the molecule is C[C@@H]1c2ccccc2[C@H](C)[C@@H]2COC(=O)[C@@H]21. The lowest BCUT2D eigenvalue weighted by Crippen LogP contribution is -2.31. The molecule has 0 amide bonds. The van der Waals surface area contributed by atoms with Gasteiger partial charge in [-0.05, 0) is 23.0 Å². The third-order valence-electron chi connectivity index (χ3n) is 4.31. The largest absolute Gasteiger partial charge is 0.465 e. The normalized spacial score (nSPS) is 36.5. The van der Waals surface area contributed by atoms with E-state index >= 15 is 0 Å². The summed E-state index contributed by atoms with van der Waals surface area (Å²) < 4.78 is 5.23. The number of cyclic esters (lactones) is 1. The molecule has 3 rings (SSSR count). The monoisotopic (exact) mass is 216 g/mol. The van der Waals surface area contributed by atoms with E-state index in [0.717, 1.165) is 0 Å². The summed E-state index contributed by atoms with van der Waals surface area (Å²) in [5.74, 6) is 1.18. The van der Waals surface area contributed by atoms with Crippen molar-refractivity contribution in [3.8, 4) is 0 Å². The zero-order valence-electron chi connectivity index (χ0n) is 9.64. The molecule has 84 valence electrons. The Bertz CT molecular complexity index is 438. The number of carbonyl (C=O) groups is 1. The third kappa shape index (κ3) is 1.16. The van der Waals surface area contributed by atoms with Crippen LogP contribution in [0.25, 0.3) is 0 Å². The molecule has 2 aliphatic rings. The molecule has 1 aromatic carbocycles. The standard InChI is InChI=1S/C14H16O2/c1-8-10-5-3-4-6-11(10)9(2)13-12(8)7-16-14(13)15/h3-6,8-9,12-13H,7H2,1-2H3/t8-,9+,12-,13+/m0/s1. The highest BCUT2D eigenvalue weighted by Crippen LogP contribution is 2.49. The lowest BCUT2D eigenvalue weighted by molar-refractivity contribution is -0.141. The van der Waals surface area contributed by atoms with Gasteiger partial charge in [0.1, 0.15) is 0 Å². The molecule has 1 aliphatic carbocycles. The van der Waals surface area contributed by atoms with Crippen LogP contribution in [0.15, 0.2) is 24.3 Å². The van der Waals surface area contributed by atoms with Gasteiger partial charge >= 0.3 is 5.97 Å². The van der Waals surface area contributed by atoms with Gasteiger partial charge in [-0.25, -0.2) is 0 Å². The Morgan fingerprint density at radius 3 is 2.44 bits per heavy atom. The first kappa shape index (κ1) is 9.88. The molecule has 0 bridgehead atoms. The van der Waals surface area contributed by atoms with Crippen LogP contribution in [-0.2, 0) is 9.53 Å². The summed E-state index contributed by atoms with van der Waals surface area (Å²) in [5.41, 5.74) is 2.73. The highest BCUT2D eigenvalue weighted by Gasteiger charge is 2.47. The molecule has 2 heteroatoms. The van der Waals surface area contributed by atoms with Crippen LogP contribution in [-0.4, -0.2) is 12.6 Å². The van der Waals surface area contributed by atoms with Crippen LogP contribution in [0, 0.1) is 11.8 Å². The number of hydrogen-bond donors (Lipinski definition) is 0. The van der Waals surface area contributed by atoms with Crippen molar-refractivity contribution in [2.75, 3.05) is 6.61 Å². The van der Waals surface area contributed by atoms with Gasteiger partial charge in [-0.2, -0.15) is 0 Å². The minimum absolute atomic E-state index is 0.00106. The van der Waals surface area contributed by atoms with Crippen LogP contribution in [0.1, 0.15) is 36.8 Å². The summed E-state index contributed by atoms with van der Waals surface area (Å²) in [7, 11) is 0. The van der Waals surface area contributed by atoms with Crippen LogP contribution < -0.4 is 0 Å². The Morgan fingerprint density at radius 1 is 1.12 bits per heavy atom. The lowest BCUT2D eigenvalue weighted by atomic mass is 9.66. The molecule has 1 fully saturated rings. The first-order valence-electron chi connectivity index (χ1n) is 5.95. The highest BCUT2D eigenvalue weighted by molar-refractivity contribution is 5.77. The van der Waals surface area contributed by atoms with E-state index in [1.165, 1.54) is 11.1 Å². The maximum absolute atomic E-state index is 11.8. The van der Waals surface area contributed by atoms with Crippen molar-refractivity contribution in [3.05, 3.63) is 35.4 Å². The fourth-order valence-electron chi connectivity index (χ4n) is 3.35. The quantitative estimate of drug-likeness (QED) is 0.623. The van der Waals surface area contributed by atoms with Crippen LogP contribution in [0.2, 0.25) is 0 Å². The second-order valence-electron chi connectivity index (χ2n) is 5.03. The predicted octanol–water partition coefficient (Wildman–Crippen LogP) is 2.70. The molecule has 0 N–H and O–H groups in total. The van der Waals surface area contributed by atoms with Crippen molar-refractivity contribution in [2.45, 2.75) is 25.7 Å². The molecule has 16 heavy (non-hydrogen) atoms. The van der Waals surface area contributed by atoms with Gasteiger partial charge in [-0.1, -0.05) is 38.1 Å². The molecule has 0 spiro atoms. The van der Waals surface area contributed by atoms with Gasteiger partial charge in [0.25, 0.3) is 0 Å². The molecule has 2 nitrogen and oxygen atoms in total. The molecule has 4 atom stereocenters. The van der Waals surface area contributed by atoms with Crippen molar-refractivity contribution in [3.63, 3.8) is 0 Å². The fourth-order valence-corrected chi connectivity index (χ4v) is 3.35. The summed E-state index contributed by atoms with van der Waals surface area (Å²) in [4.78, 5) is 11.8. The van der Waals surface area contributed by atoms with E-state index in [0.29, 0.717) is 24.4 Å². The van der Waals surface area contributed by atoms with Gasteiger partial charge in [-0.3, -0.25) is 4.79 Å². The number of rotatable bonds is 0. The van der Waals surface area contributed by atoms with Gasteiger partial charge in [0, 0.05) is 5.92 Å². The summed E-state index contributed by atoms with van der Waals surface area (Å²) in [6, 6.07) is 8.48. The van der Waals surface area contributed by atoms with E-state index in [4.69, 9.17) is 4.74 Å².